The molecule has 1 amide bonds. The zero-order valence-electron chi connectivity index (χ0n) is 15.8. The minimum absolute atomic E-state index is 0. The molecular formula is C18H23ClF3N5O. The molecule has 1 aliphatic rings. The minimum atomic E-state index is -4.45. The molecule has 3 heterocycles. The number of halogens is 4. The molecule has 0 aromatic carbocycles. The van der Waals surface area contributed by atoms with Crippen LogP contribution in [0.1, 0.15) is 47.8 Å². The lowest BCUT2D eigenvalue weighted by atomic mass is 10.0. The van der Waals surface area contributed by atoms with Crippen LogP contribution in [0.5, 0.6) is 0 Å². The zero-order chi connectivity index (χ0) is 19.8. The Labute approximate surface area is 167 Å². The van der Waals surface area contributed by atoms with Crippen molar-refractivity contribution in [3.05, 3.63) is 41.3 Å². The largest absolute Gasteiger partial charge is 0.417 e. The van der Waals surface area contributed by atoms with Crippen molar-refractivity contribution < 1.29 is 18.0 Å². The van der Waals surface area contributed by atoms with Crippen molar-refractivity contribution in [2.45, 2.75) is 38.4 Å². The normalized spacial score (nSPS) is 16.9. The summed E-state index contributed by atoms with van der Waals surface area (Å²) in [6, 6.07) is 2.34. The summed E-state index contributed by atoms with van der Waals surface area (Å²) in [5, 5.41) is 7.47. The van der Waals surface area contributed by atoms with Gasteiger partial charge >= 0.3 is 6.18 Å². The highest BCUT2D eigenvalue weighted by Crippen LogP contribution is 2.29. The molecule has 154 valence electrons. The number of carbonyl (C=O) groups is 1. The summed E-state index contributed by atoms with van der Waals surface area (Å²) >= 11 is 0. The van der Waals surface area contributed by atoms with E-state index >= 15 is 0 Å². The lowest BCUT2D eigenvalue weighted by molar-refractivity contribution is -0.137. The van der Waals surface area contributed by atoms with Gasteiger partial charge in [0.25, 0.3) is 5.91 Å². The number of carbonyl (C=O) groups excluding carboxylic acids is 1. The van der Waals surface area contributed by atoms with Crippen molar-refractivity contribution in [3.8, 4) is 5.82 Å². The van der Waals surface area contributed by atoms with Crippen LogP contribution >= 0.6 is 12.4 Å². The van der Waals surface area contributed by atoms with Crippen molar-refractivity contribution in [1.29, 1.82) is 0 Å². The summed E-state index contributed by atoms with van der Waals surface area (Å²) in [4.78, 5) is 18.6. The van der Waals surface area contributed by atoms with Crippen LogP contribution in [0.4, 0.5) is 13.2 Å². The molecule has 6 nitrogen and oxygen atoms in total. The van der Waals surface area contributed by atoms with Gasteiger partial charge in [-0.2, -0.15) is 18.3 Å². The first kappa shape index (κ1) is 22.2. The van der Waals surface area contributed by atoms with Crippen LogP contribution in [-0.4, -0.2) is 51.8 Å². The van der Waals surface area contributed by atoms with Gasteiger partial charge in [0.15, 0.2) is 5.82 Å². The van der Waals surface area contributed by atoms with Gasteiger partial charge < -0.3 is 10.2 Å². The molecule has 0 saturated carbocycles. The summed E-state index contributed by atoms with van der Waals surface area (Å²) < 4.78 is 39.7. The Morgan fingerprint density at radius 1 is 1.32 bits per heavy atom. The molecule has 0 aliphatic carbocycles. The Balaban J connectivity index is 0.00000280. The van der Waals surface area contributed by atoms with E-state index < -0.39 is 11.7 Å². The molecule has 1 atom stereocenters. The van der Waals surface area contributed by atoms with Gasteiger partial charge in [-0.15, -0.1) is 12.4 Å². The monoisotopic (exact) mass is 417 g/mol. The number of hydrogen-bond donors (Lipinski definition) is 1. The van der Waals surface area contributed by atoms with Crippen molar-refractivity contribution >= 4 is 18.3 Å². The van der Waals surface area contributed by atoms with E-state index in [2.05, 4.69) is 15.4 Å². The predicted octanol–water partition coefficient (Wildman–Crippen LogP) is 3.27. The van der Waals surface area contributed by atoms with Gasteiger partial charge in [0.05, 0.1) is 23.0 Å². The molecular weight excluding hydrogens is 395 g/mol. The van der Waals surface area contributed by atoms with E-state index in [-0.39, 0.29) is 36.1 Å². The fraction of sp³-hybridized carbons (Fsp3) is 0.500. The highest BCUT2D eigenvalue weighted by Gasteiger charge is 2.32. The highest BCUT2D eigenvalue weighted by molar-refractivity contribution is 5.95. The van der Waals surface area contributed by atoms with Gasteiger partial charge in [-0.05, 0) is 31.0 Å². The van der Waals surface area contributed by atoms with Crippen LogP contribution < -0.4 is 5.32 Å². The van der Waals surface area contributed by atoms with Gasteiger partial charge in [0, 0.05) is 25.8 Å². The Morgan fingerprint density at radius 2 is 2.04 bits per heavy atom. The van der Waals surface area contributed by atoms with Gasteiger partial charge in [0.1, 0.15) is 0 Å². The summed E-state index contributed by atoms with van der Waals surface area (Å²) in [5.41, 5.74) is 0.250. The quantitative estimate of drug-likeness (QED) is 0.829. The molecule has 1 saturated heterocycles. The fourth-order valence-corrected chi connectivity index (χ4v) is 3.27. The molecule has 2 aromatic heterocycles. The summed E-state index contributed by atoms with van der Waals surface area (Å²) in [5.74, 6) is 0.0344. The first-order valence-corrected chi connectivity index (χ1v) is 8.79. The average Bonchev–Trinajstić information content (AvgIpc) is 3.29. The topological polar surface area (TPSA) is 63.1 Å². The van der Waals surface area contributed by atoms with Crippen molar-refractivity contribution in [3.63, 3.8) is 0 Å². The molecule has 1 unspecified atom stereocenters. The molecule has 0 bridgehead atoms. The number of alkyl halides is 3. The van der Waals surface area contributed by atoms with Gasteiger partial charge in [-0.25, -0.2) is 9.67 Å². The highest BCUT2D eigenvalue weighted by atomic mass is 35.5. The third kappa shape index (κ3) is 4.30. The number of pyridine rings is 1. The lowest BCUT2D eigenvalue weighted by Gasteiger charge is -2.24. The van der Waals surface area contributed by atoms with Crippen LogP contribution in [0, 0.1) is 0 Å². The van der Waals surface area contributed by atoms with Crippen LogP contribution in [-0.2, 0) is 6.18 Å². The van der Waals surface area contributed by atoms with Crippen LogP contribution in [0.2, 0.25) is 0 Å². The third-order valence-corrected chi connectivity index (χ3v) is 4.78. The van der Waals surface area contributed by atoms with Gasteiger partial charge in [-0.1, -0.05) is 13.8 Å². The molecule has 1 aliphatic heterocycles. The number of rotatable bonds is 4. The number of likely N-dealkylation sites (N-methyl/N-ethyl adjacent to an activating group) is 1. The second-order valence-corrected chi connectivity index (χ2v) is 6.98. The second-order valence-electron chi connectivity index (χ2n) is 6.98. The number of nitrogens with one attached hydrogen (secondary N) is 1. The Kier molecular flexibility index (Phi) is 6.71. The van der Waals surface area contributed by atoms with E-state index in [9.17, 15) is 18.0 Å². The molecule has 1 fully saturated rings. The zero-order valence-corrected chi connectivity index (χ0v) is 16.6. The van der Waals surface area contributed by atoms with Gasteiger partial charge in [-0.3, -0.25) is 4.79 Å². The van der Waals surface area contributed by atoms with Gasteiger partial charge in [0.2, 0.25) is 0 Å². The molecule has 2 aromatic rings. The Hall–Kier alpha value is -2.13. The first-order chi connectivity index (χ1) is 12.7. The Morgan fingerprint density at radius 3 is 2.54 bits per heavy atom. The first-order valence-electron chi connectivity index (χ1n) is 8.79. The maximum absolute atomic E-state index is 13.0. The molecule has 3 rings (SSSR count). The number of nitrogens with zero attached hydrogens (tertiary/aromatic N) is 4. The van der Waals surface area contributed by atoms with Crippen molar-refractivity contribution in [2.75, 3.05) is 20.1 Å². The maximum Gasteiger partial charge on any atom is 0.417 e. The van der Waals surface area contributed by atoms with Crippen molar-refractivity contribution in [2.24, 2.45) is 0 Å². The van der Waals surface area contributed by atoms with Crippen LogP contribution in [0.15, 0.2) is 24.5 Å². The van der Waals surface area contributed by atoms with Crippen molar-refractivity contribution in [1.82, 2.24) is 25.0 Å². The fourth-order valence-electron chi connectivity index (χ4n) is 3.27. The molecule has 1 N–H and O–H groups in total. The van der Waals surface area contributed by atoms with E-state index in [0.717, 1.165) is 31.8 Å². The summed E-state index contributed by atoms with van der Waals surface area (Å²) in [6.07, 6.45) is -1.32. The van der Waals surface area contributed by atoms with E-state index in [1.807, 2.05) is 13.8 Å². The minimum Gasteiger partial charge on any atom is -0.337 e. The number of aromatic nitrogens is 3. The third-order valence-electron chi connectivity index (χ3n) is 4.78. The van der Waals surface area contributed by atoms with Crippen LogP contribution in [0.25, 0.3) is 5.82 Å². The SMILES string of the molecule is CC(C)c1c(C(=O)N(C)C2CCNC2)cnn1-c1ccc(C(F)(F)F)cn1.Cl. The molecule has 28 heavy (non-hydrogen) atoms. The van der Waals surface area contributed by atoms with E-state index in [1.54, 1.807) is 11.9 Å². The number of amides is 1. The summed E-state index contributed by atoms with van der Waals surface area (Å²) in [7, 11) is 1.76. The number of hydrogen-bond acceptors (Lipinski definition) is 4. The van der Waals surface area contributed by atoms with E-state index in [1.165, 1.54) is 16.9 Å². The molecule has 0 radical (unpaired) electrons. The average molecular weight is 418 g/mol. The molecule has 10 heteroatoms. The lowest BCUT2D eigenvalue weighted by Crippen LogP contribution is -2.38. The predicted molar refractivity (Wildman–Crippen MR) is 101 cm³/mol. The second kappa shape index (κ2) is 8.48. The standard InChI is InChI=1S/C18H22F3N5O.ClH/c1-11(2)16-14(17(27)25(3)13-6-7-22-9-13)10-24-26(16)15-5-4-12(8-23-15)18(19,20)21;/h4-5,8,10-11,13,22H,6-7,9H2,1-3H3;1H. The molecule has 0 spiro atoms. The van der Waals surface area contributed by atoms with E-state index in [0.29, 0.717) is 11.3 Å². The smallest absolute Gasteiger partial charge is 0.337 e. The maximum atomic E-state index is 13.0. The van der Waals surface area contributed by atoms with E-state index in [4.69, 9.17) is 0 Å². The summed E-state index contributed by atoms with van der Waals surface area (Å²) in [6.45, 7) is 5.43. The Bertz CT molecular complexity index is 814. The van der Waals surface area contributed by atoms with Crippen LogP contribution in [0.3, 0.4) is 0 Å².